The molecular formula is C14H23KO4S. The quantitative estimate of drug-likeness (QED) is 0.614. The molecule has 0 atom stereocenters. The zero-order chi connectivity index (χ0) is 15.2. The van der Waals surface area contributed by atoms with E-state index in [-0.39, 0.29) is 62.0 Å². The Morgan fingerprint density at radius 2 is 1.20 bits per heavy atom. The normalized spacial score (nSPS) is 12.9. The molecule has 0 saturated carbocycles. The minimum absolute atomic E-state index is 0. The number of phenols is 1. The van der Waals surface area contributed by atoms with Gasteiger partial charge >= 0.3 is 51.4 Å². The zero-order valence-corrected chi connectivity index (χ0v) is 13.1. The summed E-state index contributed by atoms with van der Waals surface area (Å²) in [5.74, 6) is 0.0902. The predicted octanol–water partition coefficient (Wildman–Crippen LogP) is 2.59. The van der Waals surface area contributed by atoms with Gasteiger partial charge in [-0.2, -0.15) is 8.42 Å². The molecule has 0 fully saturated rings. The third-order valence-electron chi connectivity index (χ3n) is 3.00. The number of hydrogen-bond donors (Lipinski definition) is 2. The van der Waals surface area contributed by atoms with Crippen LogP contribution in [0, 0.1) is 0 Å². The van der Waals surface area contributed by atoms with Crippen LogP contribution in [0.25, 0.3) is 0 Å². The minimum atomic E-state index is -4.30. The fourth-order valence-corrected chi connectivity index (χ4v) is 2.43. The van der Waals surface area contributed by atoms with E-state index in [9.17, 15) is 18.1 Å². The number of rotatable bonds is 1. The molecule has 0 aliphatic carbocycles. The van der Waals surface area contributed by atoms with E-state index in [1.165, 1.54) is 12.1 Å². The summed E-state index contributed by atoms with van der Waals surface area (Å²) in [5.41, 5.74) is 0.162. The summed E-state index contributed by atoms with van der Waals surface area (Å²) in [6.07, 6.45) is 0. The van der Waals surface area contributed by atoms with E-state index in [0.29, 0.717) is 11.1 Å². The van der Waals surface area contributed by atoms with Crippen LogP contribution < -0.4 is 0 Å². The molecule has 0 aliphatic heterocycles. The molecule has 4 nitrogen and oxygen atoms in total. The molecule has 0 heterocycles. The van der Waals surface area contributed by atoms with Crippen molar-refractivity contribution in [2.75, 3.05) is 0 Å². The van der Waals surface area contributed by atoms with Gasteiger partial charge in [0, 0.05) is 11.1 Å². The summed E-state index contributed by atoms with van der Waals surface area (Å²) >= 11 is 0. The Balaban J connectivity index is 0.00000361. The second-order valence-corrected chi connectivity index (χ2v) is 8.26. The van der Waals surface area contributed by atoms with E-state index in [4.69, 9.17) is 0 Å². The molecule has 0 aromatic heterocycles. The summed E-state index contributed by atoms with van der Waals surface area (Å²) in [5, 5.41) is 10.4. The fourth-order valence-electron chi connectivity index (χ4n) is 1.90. The molecule has 0 amide bonds. The number of aromatic hydroxyl groups is 1. The fraction of sp³-hybridized carbons (Fsp3) is 0.571. The van der Waals surface area contributed by atoms with Gasteiger partial charge in [-0.05, 0) is 23.0 Å². The van der Waals surface area contributed by atoms with Crippen molar-refractivity contribution >= 4 is 61.5 Å². The number of benzene rings is 1. The third-order valence-corrected chi connectivity index (χ3v) is 3.83. The average molecular weight is 326 g/mol. The molecule has 0 unspecified atom stereocenters. The van der Waals surface area contributed by atoms with Crippen LogP contribution in [0.3, 0.4) is 0 Å². The van der Waals surface area contributed by atoms with E-state index in [1.54, 1.807) is 0 Å². The molecule has 2 N–H and O–H groups in total. The van der Waals surface area contributed by atoms with Gasteiger partial charge in [0.25, 0.3) is 10.1 Å². The average Bonchev–Trinajstić information content (AvgIpc) is 2.11. The van der Waals surface area contributed by atoms with Crippen LogP contribution in [0.1, 0.15) is 52.7 Å². The molecule has 20 heavy (non-hydrogen) atoms. The standard InChI is InChI=1S/C14H22O4S.K.H/c1-13(2,3)10-7-9(19(16,17)18)8-11(12(10)15)14(4,5)6;;/h7-8,15H,1-6H3,(H,16,17,18);;. The number of phenolic OH excluding ortho intramolecular Hbond substituents is 1. The van der Waals surface area contributed by atoms with Gasteiger partial charge in [-0.3, -0.25) is 4.55 Å². The van der Waals surface area contributed by atoms with Crippen molar-refractivity contribution in [3.63, 3.8) is 0 Å². The molecule has 110 valence electrons. The summed E-state index contributed by atoms with van der Waals surface area (Å²) < 4.78 is 32.0. The molecule has 1 aromatic carbocycles. The molecule has 6 heteroatoms. The predicted molar refractivity (Wildman–Crippen MR) is 82.5 cm³/mol. The van der Waals surface area contributed by atoms with Gasteiger partial charge in [-0.15, -0.1) is 0 Å². The summed E-state index contributed by atoms with van der Waals surface area (Å²) in [6.45, 7) is 11.3. The van der Waals surface area contributed by atoms with Crippen molar-refractivity contribution in [2.45, 2.75) is 57.3 Å². The van der Waals surface area contributed by atoms with Gasteiger partial charge in [0.15, 0.2) is 0 Å². The SMILES string of the molecule is CC(C)(C)c1cc(S(=O)(=O)O)cc(C(C)(C)C)c1O.[KH]. The third kappa shape index (κ3) is 4.79. The van der Waals surface area contributed by atoms with Gasteiger partial charge in [0.05, 0.1) is 4.90 Å². The van der Waals surface area contributed by atoms with Crippen LogP contribution in [0.15, 0.2) is 17.0 Å². The molecule has 0 radical (unpaired) electrons. The van der Waals surface area contributed by atoms with Gasteiger partial charge in [0.1, 0.15) is 5.75 Å². The van der Waals surface area contributed by atoms with Crippen molar-refractivity contribution in [2.24, 2.45) is 0 Å². The van der Waals surface area contributed by atoms with Crippen molar-refractivity contribution in [3.05, 3.63) is 23.3 Å². The van der Waals surface area contributed by atoms with Crippen molar-refractivity contribution < 1.29 is 18.1 Å². The molecule has 0 aliphatic rings. The number of hydrogen-bond acceptors (Lipinski definition) is 3. The first kappa shape index (κ1) is 20.6. The summed E-state index contributed by atoms with van der Waals surface area (Å²) in [7, 11) is -4.30. The van der Waals surface area contributed by atoms with Crippen molar-refractivity contribution in [1.82, 2.24) is 0 Å². The van der Waals surface area contributed by atoms with Crippen LogP contribution in [0.2, 0.25) is 0 Å². The van der Waals surface area contributed by atoms with E-state index in [0.717, 1.165) is 0 Å². The topological polar surface area (TPSA) is 74.6 Å². The molecular weight excluding hydrogens is 303 g/mol. The van der Waals surface area contributed by atoms with Crippen molar-refractivity contribution in [1.29, 1.82) is 0 Å². The first-order valence-electron chi connectivity index (χ1n) is 6.10. The zero-order valence-electron chi connectivity index (χ0n) is 12.3. The van der Waals surface area contributed by atoms with Gasteiger partial charge < -0.3 is 5.11 Å². The Labute approximate surface area is 164 Å². The van der Waals surface area contributed by atoms with Crippen LogP contribution in [-0.4, -0.2) is 69.5 Å². The molecule has 0 spiro atoms. The van der Waals surface area contributed by atoms with E-state index < -0.39 is 20.9 Å². The van der Waals surface area contributed by atoms with Crippen molar-refractivity contribution in [3.8, 4) is 5.75 Å². The second-order valence-electron chi connectivity index (χ2n) is 6.84. The van der Waals surface area contributed by atoms with Crippen LogP contribution >= 0.6 is 0 Å². The van der Waals surface area contributed by atoms with Crippen LogP contribution in [0.4, 0.5) is 0 Å². The van der Waals surface area contributed by atoms with E-state index >= 15 is 0 Å². The maximum atomic E-state index is 11.4. The first-order valence-corrected chi connectivity index (χ1v) is 7.54. The second kappa shape index (κ2) is 6.36. The molecule has 1 rings (SSSR count). The molecule has 0 saturated heterocycles. The van der Waals surface area contributed by atoms with Gasteiger partial charge in [0.2, 0.25) is 0 Å². The summed E-state index contributed by atoms with van der Waals surface area (Å²) in [6, 6.07) is 2.67. The Kier molecular flexibility index (Phi) is 6.54. The first-order chi connectivity index (χ1) is 8.24. The molecule has 0 bridgehead atoms. The maximum absolute atomic E-state index is 11.4. The van der Waals surface area contributed by atoms with Gasteiger partial charge in [-0.1, -0.05) is 41.5 Å². The Morgan fingerprint density at radius 3 is 1.40 bits per heavy atom. The van der Waals surface area contributed by atoms with Crippen LogP contribution in [0.5, 0.6) is 5.75 Å². The Morgan fingerprint density at radius 1 is 0.900 bits per heavy atom. The monoisotopic (exact) mass is 326 g/mol. The molecule has 1 aromatic rings. The van der Waals surface area contributed by atoms with E-state index in [2.05, 4.69) is 0 Å². The van der Waals surface area contributed by atoms with Gasteiger partial charge in [-0.25, -0.2) is 0 Å². The Hall–Kier alpha value is 0.566. The van der Waals surface area contributed by atoms with Crippen LogP contribution in [-0.2, 0) is 20.9 Å². The summed E-state index contributed by atoms with van der Waals surface area (Å²) in [4.78, 5) is -0.180. The van der Waals surface area contributed by atoms with E-state index in [1.807, 2.05) is 41.5 Å². The Bertz CT molecular complexity index is 558.